The summed E-state index contributed by atoms with van der Waals surface area (Å²) in [6.45, 7) is 3.25. The molecule has 114 valence electrons. The van der Waals surface area contributed by atoms with Gasteiger partial charge in [-0.05, 0) is 62.5 Å². The minimum absolute atomic E-state index is 0.0417. The third kappa shape index (κ3) is 5.11. The predicted molar refractivity (Wildman–Crippen MR) is 93.1 cm³/mol. The summed E-state index contributed by atoms with van der Waals surface area (Å²) in [5, 5.41) is 2.89. The van der Waals surface area contributed by atoms with E-state index in [0.717, 1.165) is 30.0 Å². The van der Waals surface area contributed by atoms with E-state index in [1.165, 1.54) is 4.88 Å². The first-order valence-corrected chi connectivity index (χ1v) is 8.55. The van der Waals surface area contributed by atoms with E-state index >= 15 is 0 Å². The highest BCUT2D eigenvalue weighted by molar-refractivity contribution is 7.09. The average molecular weight is 323 g/mol. The number of nitrogens with zero attached hydrogens (tertiary/aromatic N) is 1. The Labute approximate surface area is 136 Å². The first-order chi connectivity index (χ1) is 10.1. The Morgan fingerprint density at radius 2 is 2.10 bits per heavy atom. The summed E-state index contributed by atoms with van der Waals surface area (Å²) in [6.07, 6.45) is 2.03. The highest BCUT2D eigenvalue weighted by Gasteiger charge is 2.13. The number of rotatable bonds is 7. The van der Waals surface area contributed by atoms with Crippen LogP contribution in [0.4, 0.5) is 0 Å². The molecule has 0 aliphatic heterocycles. The quantitative estimate of drug-likeness (QED) is 0.821. The first kappa shape index (κ1) is 16.5. The van der Waals surface area contributed by atoms with Crippen molar-refractivity contribution in [1.82, 2.24) is 4.90 Å². The van der Waals surface area contributed by atoms with E-state index in [1.807, 2.05) is 35.6 Å². The molecule has 2 rings (SSSR count). The number of thiophene rings is 1. The summed E-state index contributed by atoms with van der Waals surface area (Å²) in [5.74, 6) is 0. The maximum Gasteiger partial charge on any atom is 0.0409 e. The highest BCUT2D eigenvalue weighted by Crippen LogP contribution is 2.19. The Morgan fingerprint density at radius 1 is 1.29 bits per heavy atom. The molecule has 1 aromatic heterocycles. The number of benzene rings is 1. The number of halogens is 1. The van der Waals surface area contributed by atoms with Crippen molar-refractivity contribution in [2.24, 2.45) is 5.73 Å². The SMILES string of the molecule is CC(Cc1cccs1)N(C)CCC(N)c1cccc(Cl)c1. The normalized spacial score (nSPS) is 14.3. The van der Waals surface area contributed by atoms with Gasteiger partial charge >= 0.3 is 0 Å². The van der Waals surface area contributed by atoms with Crippen molar-refractivity contribution in [3.8, 4) is 0 Å². The van der Waals surface area contributed by atoms with Crippen LogP contribution >= 0.6 is 22.9 Å². The Balaban J connectivity index is 1.81. The Bertz CT molecular complexity index is 541. The van der Waals surface area contributed by atoms with Crippen molar-refractivity contribution in [2.75, 3.05) is 13.6 Å². The summed E-state index contributed by atoms with van der Waals surface area (Å²) >= 11 is 7.84. The van der Waals surface area contributed by atoms with E-state index in [1.54, 1.807) is 0 Å². The first-order valence-electron chi connectivity index (χ1n) is 7.30. The zero-order valence-electron chi connectivity index (χ0n) is 12.6. The molecule has 2 aromatic rings. The predicted octanol–water partition coefficient (Wildman–Crippen LogP) is 4.35. The van der Waals surface area contributed by atoms with E-state index < -0.39 is 0 Å². The van der Waals surface area contributed by atoms with Gasteiger partial charge in [0.1, 0.15) is 0 Å². The second-order valence-electron chi connectivity index (χ2n) is 5.56. The molecule has 0 amide bonds. The van der Waals surface area contributed by atoms with Crippen molar-refractivity contribution < 1.29 is 0 Å². The number of nitrogens with two attached hydrogens (primary N) is 1. The van der Waals surface area contributed by atoms with Crippen LogP contribution in [-0.2, 0) is 6.42 Å². The van der Waals surface area contributed by atoms with Gasteiger partial charge in [-0.15, -0.1) is 11.3 Å². The third-order valence-electron chi connectivity index (χ3n) is 3.90. The molecule has 2 N–H and O–H groups in total. The fourth-order valence-corrected chi connectivity index (χ4v) is 3.37. The molecule has 0 fully saturated rings. The van der Waals surface area contributed by atoms with E-state index in [4.69, 9.17) is 17.3 Å². The van der Waals surface area contributed by atoms with Crippen LogP contribution in [0.2, 0.25) is 5.02 Å². The number of likely N-dealkylation sites (N-methyl/N-ethyl adjacent to an activating group) is 1. The van der Waals surface area contributed by atoms with Crippen LogP contribution in [0.5, 0.6) is 0 Å². The van der Waals surface area contributed by atoms with Gasteiger partial charge in [-0.3, -0.25) is 0 Å². The van der Waals surface area contributed by atoms with Crippen LogP contribution in [0, 0.1) is 0 Å². The molecule has 2 atom stereocenters. The molecule has 0 saturated carbocycles. The summed E-state index contributed by atoms with van der Waals surface area (Å²) in [5.41, 5.74) is 7.38. The maximum atomic E-state index is 6.27. The van der Waals surface area contributed by atoms with Crippen LogP contribution in [0.3, 0.4) is 0 Å². The lowest BCUT2D eigenvalue weighted by Gasteiger charge is -2.25. The fraction of sp³-hybridized carbons (Fsp3) is 0.412. The zero-order valence-corrected chi connectivity index (χ0v) is 14.2. The van der Waals surface area contributed by atoms with E-state index in [9.17, 15) is 0 Å². The third-order valence-corrected chi connectivity index (χ3v) is 5.03. The molecule has 0 radical (unpaired) electrons. The summed E-state index contributed by atoms with van der Waals surface area (Å²) in [4.78, 5) is 3.82. The molecular formula is C17H23ClN2S. The lowest BCUT2D eigenvalue weighted by molar-refractivity contribution is 0.248. The molecule has 1 heterocycles. The van der Waals surface area contributed by atoms with Crippen LogP contribution < -0.4 is 5.73 Å². The van der Waals surface area contributed by atoms with E-state index in [0.29, 0.717) is 6.04 Å². The molecule has 0 bridgehead atoms. The summed E-state index contributed by atoms with van der Waals surface area (Å²) in [6, 6.07) is 12.7. The van der Waals surface area contributed by atoms with Gasteiger partial charge in [-0.2, -0.15) is 0 Å². The van der Waals surface area contributed by atoms with E-state index in [2.05, 4.69) is 36.4 Å². The highest BCUT2D eigenvalue weighted by atomic mass is 35.5. The topological polar surface area (TPSA) is 29.3 Å². The minimum atomic E-state index is 0.0417. The fourth-order valence-electron chi connectivity index (χ4n) is 2.34. The zero-order chi connectivity index (χ0) is 15.2. The van der Waals surface area contributed by atoms with Gasteiger partial charge in [0, 0.05) is 22.0 Å². The molecule has 1 aromatic carbocycles. The van der Waals surface area contributed by atoms with Gasteiger partial charge in [0.2, 0.25) is 0 Å². The second-order valence-corrected chi connectivity index (χ2v) is 7.03. The standard InChI is InChI=1S/C17H23ClN2S/c1-13(11-16-7-4-10-21-16)20(2)9-8-17(19)14-5-3-6-15(18)12-14/h3-7,10,12-13,17H,8-9,11,19H2,1-2H3. The van der Waals surface area contributed by atoms with Gasteiger partial charge in [0.25, 0.3) is 0 Å². The molecule has 4 heteroatoms. The largest absolute Gasteiger partial charge is 0.324 e. The lowest BCUT2D eigenvalue weighted by atomic mass is 10.0. The van der Waals surface area contributed by atoms with Gasteiger partial charge in [-0.1, -0.05) is 29.8 Å². The average Bonchev–Trinajstić information content (AvgIpc) is 2.97. The van der Waals surface area contributed by atoms with E-state index in [-0.39, 0.29) is 6.04 Å². The molecule has 0 spiro atoms. The minimum Gasteiger partial charge on any atom is -0.324 e. The van der Waals surface area contributed by atoms with Crippen LogP contribution in [0.15, 0.2) is 41.8 Å². The number of hydrogen-bond acceptors (Lipinski definition) is 3. The molecular weight excluding hydrogens is 300 g/mol. The Hall–Kier alpha value is -0.870. The van der Waals surface area contributed by atoms with Crippen LogP contribution in [-0.4, -0.2) is 24.5 Å². The van der Waals surface area contributed by atoms with Gasteiger partial charge in [0.05, 0.1) is 0 Å². The molecule has 0 aliphatic carbocycles. The van der Waals surface area contributed by atoms with Crippen molar-refractivity contribution >= 4 is 22.9 Å². The van der Waals surface area contributed by atoms with Crippen molar-refractivity contribution in [3.05, 3.63) is 57.2 Å². The van der Waals surface area contributed by atoms with Crippen molar-refractivity contribution in [1.29, 1.82) is 0 Å². The molecule has 0 saturated heterocycles. The monoisotopic (exact) mass is 322 g/mol. The van der Waals surface area contributed by atoms with Crippen LogP contribution in [0.1, 0.15) is 29.8 Å². The van der Waals surface area contributed by atoms with Crippen LogP contribution in [0.25, 0.3) is 0 Å². The lowest BCUT2D eigenvalue weighted by Crippen LogP contribution is -2.33. The van der Waals surface area contributed by atoms with Gasteiger partial charge in [-0.25, -0.2) is 0 Å². The summed E-state index contributed by atoms with van der Waals surface area (Å²) in [7, 11) is 2.17. The molecule has 0 aliphatic rings. The van der Waals surface area contributed by atoms with Crippen molar-refractivity contribution in [3.63, 3.8) is 0 Å². The summed E-state index contributed by atoms with van der Waals surface area (Å²) < 4.78 is 0. The second kappa shape index (κ2) is 7.95. The molecule has 2 nitrogen and oxygen atoms in total. The van der Waals surface area contributed by atoms with Crippen molar-refractivity contribution in [2.45, 2.75) is 31.8 Å². The molecule has 21 heavy (non-hydrogen) atoms. The molecule has 2 unspecified atom stereocenters. The van der Waals surface area contributed by atoms with Gasteiger partial charge < -0.3 is 10.6 Å². The Kier molecular flexibility index (Phi) is 6.24. The Morgan fingerprint density at radius 3 is 2.76 bits per heavy atom. The maximum absolute atomic E-state index is 6.27. The number of hydrogen-bond donors (Lipinski definition) is 1. The van der Waals surface area contributed by atoms with Gasteiger partial charge in [0.15, 0.2) is 0 Å². The smallest absolute Gasteiger partial charge is 0.0409 e.